The van der Waals surface area contributed by atoms with Crippen molar-refractivity contribution in [1.82, 2.24) is 4.98 Å². The summed E-state index contributed by atoms with van der Waals surface area (Å²) >= 11 is 0. The molecule has 13 heavy (non-hydrogen) atoms. The van der Waals surface area contributed by atoms with E-state index >= 15 is 0 Å². The molecule has 4 heteroatoms. The van der Waals surface area contributed by atoms with Gasteiger partial charge in [0.2, 0.25) is 11.5 Å². The van der Waals surface area contributed by atoms with Crippen molar-refractivity contribution in [3.05, 3.63) is 40.7 Å². The van der Waals surface area contributed by atoms with Gasteiger partial charge < -0.3 is 10.7 Å². The Morgan fingerprint density at radius 3 is 3.00 bits per heavy atom. The molecule has 0 atom stereocenters. The molecule has 0 saturated carbocycles. The molecule has 69 valence electrons. The minimum atomic E-state index is -0.332. The van der Waals surface area contributed by atoms with E-state index in [1.54, 1.807) is 18.7 Å². The van der Waals surface area contributed by atoms with Gasteiger partial charge in [-0.05, 0) is 24.5 Å². The molecule has 1 aromatic rings. The van der Waals surface area contributed by atoms with Gasteiger partial charge in [0.25, 0.3) is 0 Å². The number of pyridine rings is 1. The number of carbonyl (C=O) groups is 1. The molecule has 0 bridgehead atoms. The second-order valence-electron chi connectivity index (χ2n) is 2.70. The molecule has 0 aliphatic rings. The highest BCUT2D eigenvalue weighted by atomic mass is 16.1. The summed E-state index contributed by atoms with van der Waals surface area (Å²) in [7, 11) is 0. The smallest absolute Gasteiger partial charge is 0.248 e. The van der Waals surface area contributed by atoms with Crippen molar-refractivity contribution in [2.24, 2.45) is 5.73 Å². The van der Waals surface area contributed by atoms with Crippen LogP contribution in [0.25, 0.3) is 0 Å². The van der Waals surface area contributed by atoms with E-state index < -0.39 is 0 Å². The first kappa shape index (κ1) is 9.51. The van der Waals surface area contributed by atoms with Gasteiger partial charge in [0.05, 0.1) is 0 Å². The summed E-state index contributed by atoms with van der Waals surface area (Å²) in [6, 6.07) is 3.24. The highest BCUT2D eigenvalue weighted by Gasteiger charge is 1.97. The third kappa shape index (κ3) is 3.55. The van der Waals surface area contributed by atoms with Gasteiger partial charge >= 0.3 is 0 Å². The van der Waals surface area contributed by atoms with Gasteiger partial charge in [-0.1, -0.05) is 0 Å². The Balaban J connectivity index is 2.45. The van der Waals surface area contributed by atoms with Crippen molar-refractivity contribution < 1.29 is 4.79 Å². The van der Waals surface area contributed by atoms with Gasteiger partial charge in [0.1, 0.15) is 0 Å². The number of carbonyl (C=O) groups excluding carboxylic acids is 1. The topological polar surface area (TPSA) is 76.0 Å². The van der Waals surface area contributed by atoms with E-state index in [1.165, 1.54) is 6.07 Å². The normalized spacial score (nSPS) is 9.85. The summed E-state index contributed by atoms with van der Waals surface area (Å²) in [4.78, 5) is 23.7. The first-order valence-electron chi connectivity index (χ1n) is 3.99. The third-order valence-corrected chi connectivity index (χ3v) is 1.57. The molecule has 0 aliphatic carbocycles. The molecule has 4 nitrogen and oxygen atoms in total. The van der Waals surface area contributed by atoms with Crippen LogP contribution in [0.1, 0.15) is 18.4 Å². The van der Waals surface area contributed by atoms with Crippen LogP contribution in [0.3, 0.4) is 0 Å². The Hall–Kier alpha value is -1.58. The largest absolute Gasteiger partial charge is 0.370 e. The fraction of sp³-hybridized carbons (Fsp3) is 0.222. The molecular formula is C9H11N2O2. The molecule has 3 N–H and O–H groups in total. The Bertz CT molecular complexity index is 343. The van der Waals surface area contributed by atoms with Gasteiger partial charge in [-0.15, -0.1) is 0 Å². The van der Waals surface area contributed by atoms with E-state index in [4.69, 9.17) is 5.73 Å². The summed E-state index contributed by atoms with van der Waals surface area (Å²) in [5.41, 5.74) is 5.62. The lowest BCUT2D eigenvalue weighted by Gasteiger charge is -1.97. The molecule has 1 heterocycles. The van der Waals surface area contributed by atoms with Crippen molar-refractivity contribution in [2.75, 3.05) is 0 Å². The van der Waals surface area contributed by atoms with Crippen LogP contribution < -0.4 is 11.3 Å². The zero-order chi connectivity index (χ0) is 9.68. The standard InChI is InChI=1S/C9H11N2O2/c10-8(12)3-1-2-7-4-5-11-9(13)6-7/h2,4-6H,1,3H2,(H2,10,12)(H,11,13). The Labute approximate surface area is 75.8 Å². The fourth-order valence-electron chi connectivity index (χ4n) is 0.969. The molecule has 0 aliphatic heterocycles. The van der Waals surface area contributed by atoms with Crippen LogP contribution in [0.15, 0.2) is 23.1 Å². The highest BCUT2D eigenvalue weighted by Crippen LogP contribution is 2.03. The lowest BCUT2D eigenvalue weighted by atomic mass is 10.1. The lowest BCUT2D eigenvalue weighted by Crippen LogP contribution is -2.10. The number of nitrogens with one attached hydrogen (secondary N) is 1. The number of nitrogens with two attached hydrogens (primary N) is 1. The first-order valence-corrected chi connectivity index (χ1v) is 3.99. The quantitative estimate of drug-likeness (QED) is 0.692. The Morgan fingerprint density at radius 1 is 1.62 bits per heavy atom. The van der Waals surface area contributed by atoms with Crippen LogP contribution >= 0.6 is 0 Å². The summed E-state index contributed by atoms with van der Waals surface area (Å²) in [5, 5.41) is 0. The molecule has 0 unspecified atom stereocenters. The number of aromatic amines is 1. The molecule has 0 fully saturated rings. The lowest BCUT2D eigenvalue weighted by molar-refractivity contribution is -0.117. The van der Waals surface area contributed by atoms with E-state index in [1.807, 2.05) is 0 Å². The molecule has 1 radical (unpaired) electrons. The predicted molar refractivity (Wildman–Crippen MR) is 48.9 cm³/mol. The zero-order valence-electron chi connectivity index (χ0n) is 7.12. The number of amides is 1. The monoisotopic (exact) mass is 179 g/mol. The zero-order valence-corrected chi connectivity index (χ0v) is 7.12. The minimum Gasteiger partial charge on any atom is -0.370 e. The molecule has 0 aromatic carbocycles. The average Bonchev–Trinajstić information content (AvgIpc) is 2.03. The van der Waals surface area contributed by atoms with Gasteiger partial charge in [0, 0.05) is 18.7 Å². The number of hydrogen-bond acceptors (Lipinski definition) is 2. The molecule has 0 spiro atoms. The summed E-state index contributed by atoms with van der Waals surface area (Å²) in [5.74, 6) is -0.332. The number of H-pyrrole nitrogens is 1. The molecule has 1 amide bonds. The van der Waals surface area contributed by atoms with E-state index in [0.717, 1.165) is 5.56 Å². The first-order chi connectivity index (χ1) is 6.18. The van der Waals surface area contributed by atoms with Crippen molar-refractivity contribution in [1.29, 1.82) is 0 Å². The van der Waals surface area contributed by atoms with E-state index in [9.17, 15) is 9.59 Å². The van der Waals surface area contributed by atoms with E-state index in [0.29, 0.717) is 12.8 Å². The number of hydrogen-bond donors (Lipinski definition) is 2. The fourth-order valence-corrected chi connectivity index (χ4v) is 0.969. The van der Waals surface area contributed by atoms with Crippen LogP contribution in [0.4, 0.5) is 0 Å². The average molecular weight is 179 g/mol. The van der Waals surface area contributed by atoms with Crippen LogP contribution in [-0.2, 0) is 4.79 Å². The minimum absolute atomic E-state index is 0.146. The molecule has 1 rings (SSSR count). The van der Waals surface area contributed by atoms with Gasteiger partial charge in [-0.2, -0.15) is 0 Å². The van der Waals surface area contributed by atoms with Gasteiger partial charge in [-0.25, -0.2) is 0 Å². The predicted octanol–water partition coefficient (Wildman–Crippen LogP) is 0.193. The maximum atomic E-state index is 10.8. The summed E-state index contributed by atoms with van der Waals surface area (Å²) in [6.07, 6.45) is 4.25. The number of rotatable bonds is 4. The van der Waals surface area contributed by atoms with Crippen LogP contribution in [0.2, 0.25) is 0 Å². The Morgan fingerprint density at radius 2 is 2.38 bits per heavy atom. The van der Waals surface area contributed by atoms with Crippen molar-refractivity contribution >= 4 is 5.91 Å². The van der Waals surface area contributed by atoms with E-state index in [-0.39, 0.29) is 11.5 Å². The number of aromatic nitrogens is 1. The van der Waals surface area contributed by atoms with Gasteiger partial charge in [-0.3, -0.25) is 9.59 Å². The van der Waals surface area contributed by atoms with Crippen molar-refractivity contribution in [2.45, 2.75) is 12.8 Å². The van der Waals surface area contributed by atoms with Gasteiger partial charge in [0.15, 0.2) is 0 Å². The van der Waals surface area contributed by atoms with Crippen molar-refractivity contribution in [3.63, 3.8) is 0 Å². The molecule has 1 aromatic heterocycles. The maximum Gasteiger partial charge on any atom is 0.248 e. The SMILES string of the molecule is NC(=O)CC[CH]c1cc[nH]c(=O)c1. The van der Waals surface area contributed by atoms with Crippen LogP contribution in [-0.4, -0.2) is 10.9 Å². The third-order valence-electron chi connectivity index (χ3n) is 1.57. The van der Waals surface area contributed by atoms with Crippen molar-refractivity contribution in [3.8, 4) is 0 Å². The van der Waals surface area contributed by atoms with E-state index in [2.05, 4.69) is 4.98 Å². The highest BCUT2D eigenvalue weighted by molar-refractivity contribution is 5.73. The summed E-state index contributed by atoms with van der Waals surface area (Å²) in [6.45, 7) is 0. The van der Waals surface area contributed by atoms with Crippen LogP contribution in [0, 0.1) is 6.42 Å². The summed E-state index contributed by atoms with van der Waals surface area (Å²) < 4.78 is 0. The second kappa shape index (κ2) is 4.45. The maximum absolute atomic E-state index is 10.8. The number of primary amides is 1. The second-order valence-corrected chi connectivity index (χ2v) is 2.70. The van der Waals surface area contributed by atoms with Crippen LogP contribution in [0.5, 0.6) is 0 Å². The molecular weight excluding hydrogens is 168 g/mol. The Kier molecular flexibility index (Phi) is 3.25. The molecule has 0 saturated heterocycles.